The van der Waals surface area contributed by atoms with Crippen molar-refractivity contribution in [1.82, 2.24) is 14.7 Å². The van der Waals surface area contributed by atoms with Gasteiger partial charge in [0, 0.05) is 50.3 Å². The molecule has 3 rings (SSSR count). The number of hydrogen-bond donors (Lipinski definition) is 1. The summed E-state index contributed by atoms with van der Waals surface area (Å²) in [7, 11) is 0. The summed E-state index contributed by atoms with van der Waals surface area (Å²) < 4.78 is 1.14. The van der Waals surface area contributed by atoms with Crippen LogP contribution in [0.15, 0.2) is 40.9 Å². The van der Waals surface area contributed by atoms with E-state index in [4.69, 9.17) is 5.73 Å². The van der Waals surface area contributed by atoms with Crippen molar-refractivity contribution >= 4 is 15.9 Å². The van der Waals surface area contributed by atoms with E-state index < -0.39 is 0 Å². The Morgan fingerprint density at radius 3 is 1.97 bits per heavy atom. The molecule has 0 aromatic heterocycles. The zero-order valence-electron chi connectivity index (χ0n) is 20.2. The Hall–Kier alpha value is -1.24. The normalized spacial score (nSPS) is 15.6. The Balaban J connectivity index is 1.57. The lowest BCUT2D eigenvalue weighted by atomic mass is 9.99. The molecule has 32 heavy (non-hydrogen) atoms. The van der Waals surface area contributed by atoms with Crippen molar-refractivity contribution in [2.24, 2.45) is 5.73 Å². The first-order chi connectivity index (χ1) is 15.4. The molecule has 0 unspecified atom stereocenters. The van der Waals surface area contributed by atoms with E-state index in [0.29, 0.717) is 0 Å². The molecule has 1 aliphatic rings. The minimum Gasteiger partial charge on any atom is -0.330 e. The van der Waals surface area contributed by atoms with Crippen molar-refractivity contribution in [2.45, 2.75) is 46.7 Å². The number of nitrogens with two attached hydrogens (primary N) is 1. The molecule has 1 aliphatic heterocycles. The van der Waals surface area contributed by atoms with Crippen LogP contribution in [0, 0.1) is 20.8 Å². The Kier molecular flexibility index (Phi) is 10.2. The van der Waals surface area contributed by atoms with E-state index >= 15 is 0 Å². The smallest absolute Gasteiger partial charge is 0.0242 e. The second-order valence-corrected chi connectivity index (χ2v) is 10.3. The van der Waals surface area contributed by atoms with Crippen molar-refractivity contribution in [3.05, 3.63) is 68.7 Å². The number of nitrogens with zero attached hydrogens (tertiary/aromatic N) is 3. The summed E-state index contributed by atoms with van der Waals surface area (Å²) in [5, 5.41) is 0. The van der Waals surface area contributed by atoms with Crippen LogP contribution in [0.25, 0.3) is 0 Å². The van der Waals surface area contributed by atoms with E-state index in [0.717, 1.165) is 43.6 Å². The zero-order chi connectivity index (χ0) is 22.9. The van der Waals surface area contributed by atoms with Crippen molar-refractivity contribution in [1.29, 1.82) is 0 Å². The van der Waals surface area contributed by atoms with Gasteiger partial charge in [-0.15, -0.1) is 0 Å². The summed E-state index contributed by atoms with van der Waals surface area (Å²) in [5.74, 6) is 0. The average Bonchev–Trinajstić information content (AvgIpc) is 2.77. The summed E-state index contributed by atoms with van der Waals surface area (Å²) in [5.41, 5.74) is 12.7. The predicted octanol–water partition coefficient (Wildman–Crippen LogP) is 4.73. The molecular weight excluding hydrogens is 460 g/mol. The molecule has 4 nitrogen and oxygen atoms in total. The van der Waals surface area contributed by atoms with Gasteiger partial charge in [0.05, 0.1) is 0 Å². The lowest BCUT2D eigenvalue weighted by Gasteiger charge is -2.35. The SMILES string of the molecule is Cc1cc(C)c(CN(CCCN2CCN(CCCN)CC2)Cc2ccc(Br)cc2)c(C)c1. The van der Waals surface area contributed by atoms with Crippen LogP contribution in [-0.2, 0) is 13.1 Å². The number of aryl methyl sites for hydroxylation is 3. The van der Waals surface area contributed by atoms with Gasteiger partial charge in [0.2, 0.25) is 0 Å². The quantitative estimate of drug-likeness (QED) is 0.483. The molecular formula is C27H41BrN4. The lowest BCUT2D eigenvalue weighted by Crippen LogP contribution is -2.47. The van der Waals surface area contributed by atoms with Crippen LogP contribution in [0.3, 0.4) is 0 Å². The Morgan fingerprint density at radius 2 is 1.41 bits per heavy atom. The summed E-state index contributed by atoms with van der Waals surface area (Å²) in [4.78, 5) is 7.83. The lowest BCUT2D eigenvalue weighted by molar-refractivity contribution is 0.125. The minimum absolute atomic E-state index is 0.800. The minimum atomic E-state index is 0.800. The third-order valence-electron chi connectivity index (χ3n) is 6.63. The second-order valence-electron chi connectivity index (χ2n) is 9.39. The van der Waals surface area contributed by atoms with Crippen LogP contribution in [0.2, 0.25) is 0 Å². The fraction of sp³-hybridized carbons (Fsp3) is 0.556. The maximum atomic E-state index is 5.67. The van der Waals surface area contributed by atoms with Gasteiger partial charge in [-0.1, -0.05) is 45.8 Å². The van der Waals surface area contributed by atoms with Gasteiger partial charge in [-0.2, -0.15) is 0 Å². The molecule has 2 aromatic carbocycles. The molecule has 2 N–H and O–H groups in total. The third-order valence-corrected chi connectivity index (χ3v) is 7.16. The largest absolute Gasteiger partial charge is 0.330 e. The fourth-order valence-electron chi connectivity index (χ4n) is 4.81. The second kappa shape index (κ2) is 12.9. The highest BCUT2D eigenvalue weighted by Crippen LogP contribution is 2.21. The molecule has 1 fully saturated rings. The van der Waals surface area contributed by atoms with Crippen molar-refractivity contribution in [2.75, 3.05) is 52.4 Å². The molecule has 2 aromatic rings. The monoisotopic (exact) mass is 500 g/mol. The van der Waals surface area contributed by atoms with Gasteiger partial charge in [-0.05, 0) is 87.6 Å². The van der Waals surface area contributed by atoms with Crippen LogP contribution in [-0.4, -0.2) is 67.1 Å². The topological polar surface area (TPSA) is 35.7 Å². The summed E-state index contributed by atoms with van der Waals surface area (Å²) in [6.45, 7) is 17.7. The third kappa shape index (κ3) is 7.96. The first-order valence-electron chi connectivity index (χ1n) is 12.1. The van der Waals surface area contributed by atoms with E-state index in [1.165, 1.54) is 67.0 Å². The Morgan fingerprint density at radius 1 is 0.844 bits per heavy atom. The van der Waals surface area contributed by atoms with Crippen molar-refractivity contribution in [3.8, 4) is 0 Å². The molecule has 0 saturated carbocycles. The molecule has 1 saturated heterocycles. The highest BCUT2D eigenvalue weighted by molar-refractivity contribution is 9.10. The Bertz CT molecular complexity index is 805. The van der Waals surface area contributed by atoms with E-state index in [1.807, 2.05) is 0 Å². The summed E-state index contributed by atoms with van der Waals surface area (Å²) in [6, 6.07) is 13.4. The molecule has 0 spiro atoms. The predicted molar refractivity (Wildman–Crippen MR) is 140 cm³/mol. The standard InChI is InChI=1S/C27H41BrN4/c1-22-18-23(2)27(24(3)19-22)21-32(20-25-6-8-26(28)9-7-25)13-5-12-31-16-14-30(15-17-31)11-4-10-29/h6-9,18-19H,4-5,10-17,20-21,29H2,1-3H3. The van der Waals surface area contributed by atoms with Gasteiger partial charge in [-0.25, -0.2) is 0 Å². The van der Waals surface area contributed by atoms with E-state index in [-0.39, 0.29) is 0 Å². The highest BCUT2D eigenvalue weighted by Gasteiger charge is 2.17. The molecule has 0 bridgehead atoms. The van der Waals surface area contributed by atoms with Crippen LogP contribution >= 0.6 is 15.9 Å². The summed E-state index contributed by atoms with van der Waals surface area (Å²) in [6.07, 6.45) is 2.33. The Labute approximate surface area is 203 Å². The molecule has 5 heteroatoms. The van der Waals surface area contributed by atoms with Crippen LogP contribution in [0.4, 0.5) is 0 Å². The number of piperazine rings is 1. The summed E-state index contributed by atoms with van der Waals surface area (Å²) >= 11 is 3.57. The number of rotatable bonds is 11. The van der Waals surface area contributed by atoms with Crippen LogP contribution < -0.4 is 5.73 Å². The van der Waals surface area contributed by atoms with Gasteiger partial charge in [0.15, 0.2) is 0 Å². The van der Waals surface area contributed by atoms with Gasteiger partial charge in [0.1, 0.15) is 0 Å². The van der Waals surface area contributed by atoms with E-state index in [2.05, 4.69) is 87.8 Å². The molecule has 0 amide bonds. The highest BCUT2D eigenvalue weighted by atomic mass is 79.9. The number of halogens is 1. The first kappa shape index (κ1) is 25.4. The van der Waals surface area contributed by atoms with Gasteiger partial charge in [0.25, 0.3) is 0 Å². The number of benzene rings is 2. The maximum Gasteiger partial charge on any atom is 0.0242 e. The van der Waals surface area contributed by atoms with Crippen molar-refractivity contribution in [3.63, 3.8) is 0 Å². The van der Waals surface area contributed by atoms with Gasteiger partial charge >= 0.3 is 0 Å². The average molecular weight is 502 g/mol. The van der Waals surface area contributed by atoms with Gasteiger partial charge < -0.3 is 15.5 Å². The number of hydrogen-bond acceptors (Lipinski definition) is 4. The van der Waals surface area contributed by atoms with Gasteiger partial charge in [-0.3, -0.25) is 4.90 Å². The zero-order valence-corrected chi connectivity index (χ0v) is 21.8. The molecule has 0 atom stereocenters. The molecule has 176 valence electrons. The molecule has 0 aliphatic carbocycles. The van der Waals surface area contributed by atoms with Crippen LogP contribution in [0.5, 0.6) is 0 Å². The maximum absolute atomic E-state index is 5.67. The van der Waals surface area contributed by atoms with E-state index in [9.17, 15) is 0 Å². The van der Waals surface area contributed by atoms with Crippen molar-refractivity contribution < 1.29 is 0 Å². The fourth-order valence-corrected chi connectivity index (χ4v) is 5.08. The first-order valence-corrected chi connectivity index (χ1v) is 12.9. The molecule has 1 heterocycles. The molecule has 0 radical (unpaired) electrons. The van der Waals surface area contributed by atoms with E-state index in [1.54, 1.807) is 0 Å². The van der Waals surface area contributed by atoms with Crippen LogP contribution in [0.1, 0.15) is 40.7 Å².